The number of hydrogen-bond donors (Lipinski definition) is 2. The monoisotopic (exact) mass is 333 g/mol. The number of hydrogen-bond acceptors (Lipinski definition) is 6. The number of fused-ring (bicyclic) bond motifs is 1. The van der Waals surface area contributed by atoms with Crippen LogP contribution in [-0.4, -0.2) is 31.9 Å². The lowest BCUT2D eigenvalue weighted by Crippen LogP contribution is -2.42. The van der Waals surface area contributed by atoms with E-state index in [4.69, 9.17) is 0 Å². The smallest absolute Gasteiger partial charge is 0.251 e. The summed E-state index contributed by atoms with van der Waals surface area (Å²) in [5, 5.41) is 17.1. The van der Waals surface area contributed by atoms with Crippen LogP contribution in [0.4, 0.5) is 0 Å². The highest BCUT2D eigenvalue weighted by Gasteiger charge is 2.22. The summed E-state index contributed by atoms with van der Waals surface area (Å²) in [6, 6.07) is 7.18. The number of thiophene rings is 1. The van der Waals surface area contributed by atoms with E-state index < -0.39 is 5.60 Å². The van der Waals surface area contributed by atoms with Gasteiger partial charge in [0.2, 0.25) is 0 Å². The Kier molecular flexibility index (Phi) is 4.19. The Morgan fingerprint density at radius 3 is 2.91 bits per heavy atom. The fourth-order valence-electron chi connectivity index (χ4n) is 2.19. The maximum atomic E-state index is 12.2. The minimum atomic E-state index is -0.983. The van der Waals surface area contributed by atoms with Crippen LogP contribution < -0.4 is 5.32 Å². The molecule has 0 spiro atoms. The summed E-state index contributed by atoms with van der Waals surface area (Å²) in [5.74, 6) is -0.222. The number of amides is 1. The lowest BCUT2D eigenvalue weighted by molar-refractivity contribution is 0.0553. The van der Waals surface area contributed by atoms with E-state index in [9.17, 15) is 9.90 Å². The summed E-state index contributed by atoms with van der Waals surface area (Å²) in [7, 11) is 0. The van der Waals surface area contributed by atoms with E-state index in [2.05, 4.69) is 14.1 Å². The molecule has 114 valence electrons. The minimum absolute atomic E-state index is 0.190. The standard InChI is InChI=1S/C15H15N3O2S2/c1-15(20,7-10-4-5-21-8-10)9-16-14(19)11-2-3-12-13(6-11)18-22-17-12/h2-6,8,20H,7,9H2,1H3,(H,16,19). The Morgan fingerprint density at radius 1 is 1.32 bits per heavy atom. The molecule has 0 bridgehead atoms. The van der Waals surface area contributed by atoms with Gasteiger partial charge in [0.15, 0.2) is 0 Å². The van der Waals surface area contributed by atoms with Crippen molar-refractivity contribution in [3.05, 3.63) is 46.2 Å². The predicted octanol–water partition coefficient (Wildman–Crippen LogP) is 2.48. The summed E-state index contributed by atoms with van der Waals surface area (Å²) in [6.07, 6.45) is 0.506. The van der Waals surface area contributed by atoms with Crippen LogP contribution in [-0.2, 0) is 6.42 Å². The molecule has 0 aliphatic rings. The van der Waals surface area contributed by atoms with Crippen molar-refractivity contribution in [3.8, 4) is 0 Å². The highest BCUT2D eigenvalue weighted by molar-refractivity contribution is 7.07. The molecule has 7 heteroatoms. The van der Waals surface area contributed by atoms with Crippen molar-refractivity contribution in [3.63, 3.8) is 0 Å². The molecule has 0 saturated carbocycles. The molecule has 0 aliphatic heterocycles. The number of aromatic nitrogens is 2. The molecule has 3 aromatic rings. The molecule has 1 unspecified atom stereocenters. The number of rotatable bonds is 5. The average molecular weight is 333 g/mol. The Bertz CT molecular complexity index is 781. The van der Waals surface area contributed by atoms with Gasteiger partial charge < -0.3 is 10.4 Å². The van der Waals surface area contributed by atoms with Gasteiger partial charge in [0, 0.05) is 18.5 Å². The molecule has 3 rings (SSSR count). The van der Waals surface area contributed by atoms with Gasteiger partial charge in [-0.1, -0.05) is 0 Å². The topological polar surface area (TPSA) is 75.1 Å². The third-order valence-electron chi connectivity index (χ3n) is 3.31. The molecule has 1 amide bonds. The van der Waals surface area contributed by atoms with Gasteiger partial charge in [0.25, 0.3) is 5.91 Å². The lowest BCUT2D eigenvalue weighted by atomic mass is 9.98. The second kappa shape index (κ2) is 6.12. The largest absolute Gasteiger partial charge is 0.388 e. The number of benzene rings is 1. The molecule has 0 aliphatic carbocycles. The molecule has 1 aromatic carbocycles. The third kappa shape index (κ3) is 3.49. The number of nitrogens with one attached hydrogen (secondary N) is 1. The molecule has 2 heterocycles. The molecule has 0 saturated heterocycles. The van der Waals surface area contributed by atoms with Crippen LogP contribution >= 0.6 is 23.1 Å². The Hall–Kier alpha value is -1.83. The Labute approximate surface area is 136 Å². The summed E-state index contributed by atoms with van der Waals surface area (Å²) in [6.45, 7) is 1.91. The van der Waals surface area contributed by atoms with Crippen molar-refractivity contribution < 1.29 is 9.90 Å². The fourth-order valence-corrected chi connectivity index (χ4v) is 3.38. The molecule has 0 radical (unpaired) electrons. The SMILES string of the molecule is CC(O)(CNC(=O)c1ccc2nsnc2c1)Cc1ccsc1. The van der Waals surface area contributed by atoms with Crippen LogP contribution in [0.3, 0.4) is 0 Å². The summed E-state index contributed by atoms with van der Waals surface area (Å²) in [4.78, 5) is 12.2. The quantitative estimate of drug-likeness (QED) is 0.752. The van der Waals surface area contributed by atoms with E-state index in [1.165, 1.54) is 0 Å². The van der Waals surface area contributed by atoms with E-state index in [0.29, 0.717) is 17.5 Å². The first kappa shape index (κ1) is 15.1. The minimum Gasteiger partial charge on any atom is -0.388 e. The fraction of sp³-hybridized carbons (Fsp3) is 0.267. The van der Waals surface area contributed by atoms with Crippen molar-refractivity contribution in [2.24, 2.45) is 0 Å². The number of aliphatic hydroxyl groups is 1. The van der Waals surface area contributed by atoms with Gasteiger partial charge in [0.1, 0.15) is 11.0 Å². The van der Waals surface area contributed by atoms with Gasteiger partial charge in [0.05, 0.1) is 17.3 Å². The first-order chi connectivity index (χ1) is 10.5. The number of carbonyl (C=O) groups excluding carboxylic acids is 1. The summed E-state index contributed by atoms with van der Waals surface area (Å²) in [5.41, 5.74) is 2.10. The Morgan fingerprint density at radius 2 is 2.14 bits per heavy atom. The molecule has 1 atom stereocenters. The Balaban J connectivity index is 1.63. The molecule has 2 aromatic heterocycles. The molecular formula is C15H15N3O2S2. The van der Waals surface area contributed by atoms with E-state index in [1.807, 2.05) is 16.8 Å². The number of carbonyl (C=O) groups is 1. The third-order valence-corrected chi connectivity index (χ3v) is 4.60. The maximum absolute atomic E-state index is 12.2. The van der Waals surface area contributed by atoms with Crippen molar-refractivity contribution in [1.29, 1.82) is 0 Å². The first-order valence-corrected chi connectivity index (χ1v) is 8.45. The maximum Gasteiger partial charge on any atom is 0.251 e. The summed E-state index contributed by atoms with van der Waals surface area (Å²) >= 11 is 2.72. The van der Waals surface area contributed by atoms with Crippen molar-refractivity contribution in [2.45, 2.75) is 18.9 Å². The molecule has 2 N–H and O–H groups in total. The first-order valence-electron chi connectivity index (χ1n) is 6.77. The van der Waals surface area contributed by atoms with E-state index in [0.717, 1.165) is 22.8 Å². The zero-order valence-electron chi connectivity index (χ0n) is 11.9. The molecule has 0 fully saturated rings. The van der Waals surface area contributed by atoms with Gasteiger partial charge in [-0.25, -0.2) is 0 Å². The second-order valence-corrected chi connectivity index (χ2v) is 6.76. The molecule has 5 nitrogen and oxygen atoms in total. The van der Waals surface area contributed by atoms with Crippen LogP contribution in [0.15, 0.2) is 35.0 Å². The lowest BCUT2D eigenvalue weighted by Gasteiger charge is -2.23. The number of nitrogens with zero attached hydrogens (tertiary/aromatic N) is 2. The van der Waals surface area contributed by atoms with E-state index in [1.54, 1.807) is 36.5 Å². The van der Waals surface area contributed by atoms with Crippen molar-refractivity contribution in [1.82, 2.24) is 14.1 Å². The van der Waals surface area contributed by atoms with Crippen LogP contribution in [0.5, 0.6) is 0 Å². The van der Waals surface area contributed by atoms with Crippen LogP contribution in [0.1, 0.15) is 22.8 Å². The van der Waals surface area contributed by atoms with Gasteiger partial charge in [-0.2, -0.15) is 20.1 Å². The molecular weight excluding hydrogens is 318 g/mol. The van der Waals surface area contributed by atoms with Crippen molar-refractivity contribution in [2.75, 3.05) is 6.54 Å². The van der Waals surface area contributed by atoms with Crippen molar-refractivity contribution >= 4 is 40.0 Å². The predicted molar refractivity (Wildman–Crippen MR) is 88.4 cm³/mol. The van der Waals surface area contributed by atoms with E-state index in [-0.39, 0.29) is 12.5 Å². The summed E-state index contributed by atoms with van der Waals surface area (Å²) < 4.78 is 8.23. The van der Waals surface area contributed by atoms with E-state index >= 15 is 0 Å². The van der Waals surface area contributed by atoms with Crippen LogP contribution in [0.2, 0.25) is 0 Å². The average Bonchev–Trinajstić information content (AvgIpc) is 3.14. The second-order valence-electron chi connectivity index (χ2n) is 5.46. The van der Waals surface area contributed by atoms with Gasteiger partial charge in [-0.15, -0.1) is 0 Å². The van der Waals surface area contributed by atoms with Crippen LogP contribution in [0.25, 0.3) is 11.0 Å². The highest BCUT2D eigenvalue weighted by atomic mass is 32.1. The van der Waals surface area contributed by atoms with Gasteiger partial charge >= 0.3 is 0 Å². The van der Waals surface area contributed by atoms with Gasteiger partial charge in [-0.3, -0.25) is 4.79 Å². The highest BCUT2D eigenvalue weighted by Crippen LogP contribution is 2.16. The van der Waals surface area contributed by atoms with Gasteiger partial charge in [-0.05, 0) is 47.5 Å². The molecule has 22 heavy (non-hydrogen) atoms. The van der Waals surface area contributed by atoms with Crippen LogP contribution in [0, 0.1) is 0 Å². The zero-order chi connectivity index (χ0) is 15.6. The zero-order valence-corrected chi connectivity index (χ0v) is 13.6. The normalized spacial score (nSPS) is 13.9.